The van der Waals surface area contributed by atoms with Crippen molar-refractivity contribution < 1.29 is 13.2 Å². The molecule has 1 heterocycles. The summed E-state index contributed by atoms with van der Waals surface area (Å²) in [5.74, 6) is 1.75. The number of ether oxygens (including phenoxy) is 1. The van der Waals surface area contributed by atoms with Crippen molar-refractivity contribution in [3.05, 3.63) is 29.8 Å². The van der Waals surface area contributed by atoms with Gasteiger partial charge in [-0.3, -0.25) is 0 Å². The molecule has 0 bridgehead atoms. The van der Waals surface area contributed by atoms with Gasteiger partial charge in [0.1, 0.15) is 5.75 Å². The number of nitrogens with zero attached hydrogens (tertiary/aromatic N) is 2. The molecule has 25 heavy (non-hydrogen) atoms. The van der Waals surface area contributed by atoms with Crippen LogP contribution in [0.15, 0.2) is 29.3 Å². The number of hydrogen-bond donors (Lipinski definition) is 1. The van der Waals surface area contributed by atoms with E-state index >= 15 is 0 Å². The van der Waals surface area contributed by atoms with Gasteiger partial charge in [-0.25, -0.2) is 13.4 Å². The first-order chi connectivity index (χ1) is 11.8. The highest BCUT2D eigenvalue weighted by Crippen LogP contribution is 2.24. The Bertz CT molecular complexity index is 714. The van der Waals surface area contributed by atoms with E-state index in [0.717, 1.165) is 23.8 Å². The first-order valence-electron chi connectivity index (χ1n) is 8.76. The Labute approximate surface area is 151 Å². The fourth-order valence-corrected chi connectivity index (χ4v) is 4.18. The Morgan fingerprint density at radius 1 is 1.36 bits per heavy atom. The molecule has 6 nitrogen and oxygen atoms in total. The lowest BCUT2D eigenvalue weighted by molar-refractivity contribution is 0.340. The molecule has 0 atom stereocenters. The van der Waals surface area contributed by atoms with Gasteiger partial charge < -0.3 is 15.0 Å². The topological polar surface area (TPSA) is 71.0 Å². The van der Waals surface area contributed by atoms with Crippen LogP contribution in [0.3, 0.4) is 0 Å². The van der Waals surface area contributed by atoms with Crippen molar-refractivity contribution in [2.45, 2.75) is 39.0 Å². The lowest BCUT2D eigenvalue weighted by atomic mass is 10.2. The maximum atomic E-state index is 12.2. The van der Waals surface area contributed by atoms with E-state index in [9.17, 15) is 8.42 Å². The van der Waals surface area contributed by atoms with Crippen molar-refractivity contribution in [2.75, 3.05) is 32.0 Å². The van der Waals surface area contributed by atoms with Crippen LogP contribution in [-0.2, 0) is 16.4 Å². The average molecular weight is 368 g/mol. The van der Waals surface area contributed by atoms with Crippen LogP contribution in [0.25, 0.3) is 0 Å². The summed E-state index contributed by atoms with van der Waals surface area (Å²) in [6.45, 7) is 10.3. The van der Waals surface area contributed by atoms with Gasteiger partial charge in [0.05, 0.1) is 23.7 Å². The molecule has 0 spiro atoms. The molecule has 0 unspecified atom stereocenters. The van der Waals surface area contributed by atoms with E-state index in [4.69, 9.17) is 9.73 Å². The standard InChI is InChI=1S/C18H29N3O3S/c1-5-19-17(21-10-11-25(22,23)18(3,4)14-21)20-13-15-8-7-9-16(12-15)24-6-2/h7-9,12H,5-6,10-11,13-14H2,1-4H3,(H,19,20). The van der Waals surface area contributed by atoms with Crippen LogP contribution in [0, 0.1) is 0 Å². The molecule has 1 N–H and O–H groups in total. The Kier molecular flexibility index (Phi) is 6.32. The minimum absolute atomic E-state index is 0.157. The molecule has 1 aromatic carbocycles. The second kappa shape index (κ2) is 8.08. The number of guanidine groups is 1. The zero-order chi connectivity index (χ0) is 18.5. The SMILES string of the molecule is CCNC(=NCc1cccc(OCC)c1)N1CCS(=O)(=O)C(C)(C)C1. The molecule has 1 aromatic rings. The maximum absolute atomic E-state index is 12.2. The van der Waals surface area contributed by atoms with Gasteiger partial charge in [-0.05, 0) is 45.4 Å². The summed E-state index contributed by atoms with van der Waals surface area (Å²) in [6, 6.07) is 7.89. The Morgan fingerprint density at radius 3 is 2.76 bits per heavy atom. The van der Waals surface area contributed by atoms with Crippen molar-refractivity contribution in [2.24, 2.45) is 4.99 Å². The molecule has 7 heteroatoms. The third-order valence-corrected chi connectivity index (χ3v) is 6.83. The van der Waals surface area contributed by atoms with E-state index in [0.29, 0.717) is 26.2 Å². The Balaban J connectivity index is 2.15. The molecule has 0 aliphatic carbocycles. The molecule has 0 amide bonds. The van der Waals surface area contributed by atoms with Crippen molar-refractivity contribution in [1.29, 1.82) is 0 Å². The third-order valence-electron chi connectivity index (χ3n) is 4.30. The maximum Gasteiger partial charge on any atom is 0.194 e. The molecule has 1 saturated heterocycles. The molecule has 0 aromatic heterocycles. The quantitative estimate of drug-likeness (QED) is 0.637. The fraction of sp³-hybridized carbons (Fsp3) is 0.611. The summed E-state index contributed by atoms with van der Waals surface area (Å²) < 4.78 is 29.2. The second-order valence-corrected chi connectivity index (χ2v) is 9.49. The van der Waals surface area contributed by atoms with Crippen LogP contribution in [-0.4, -0.2) is 56.0 Å². The summed E-state index contributed by atoms with van der Waals surface area (Å²) in [5, 5.41) is 3.28. The minimum atomic E-state index is -3.06. The lowest BCUT2D eigenvalue weighted by Crippen LogP contribution is -2.57. The first-order valence-corrected chi connectivity index (χ1v) is 10.4. The Morgan fingerprint density at radius 2 is 2.12 bits per heavy atom. The lowest BCUT2D eigenvalue weighted by Gasteiger charge is -2.39. The number of aliphatic imine (C=N–C) groups is 1. The van der Waals surface area contributed by atoms with Crippen LogP contribution in [0.5, 0.6) is 5.75 Å². The predicted molar refractivity (Wildman–Crippen MR) is 102 cm³/mol. The first kappa shape index (κ1) is 19.6. The molecule has 2 rings (SSSR count). The highest BCUT2D eigenvalue weighted by atomic mass is 32.2. The van der Waals surface area contributed by atoms with Crippen molar-refractivity contribution in [3.8, 4) is 5.75 Å². The van der Waals surface area contributed by atoms with Gasteiger partial charge in [0.25, 0.3) is 0 Å². The average Bonchev–Trinajstić information content (AvgIpc) is 2.55. The third kappa shape index (κ3) is 4.87. The normalized spacial score (nSPS) is 19.5. The molecular weight excluding hydrogens is 338 g/mol. The van der Waals surface area contributed by atoms with Gasteiger partial charge in [-0.2, -0.15) is 0 Å². The molecule has 0 radical (unpaired) electrons. The molecule has 140 valence electrons. The molecule has 1 fully saturated rings. The van der Waals surface area contributed by atoms with E-state index in [1.54, 1.807) is 13.8 Å². The minimum Gasteiger partial charge on any atom is -0.494 e. The van der Waals surface area contributed by atoms with Gasteiger partial charge in [-0.1, -0.05) is 12.1 Å². The van der Waals surface area contributed by atoms with Gasteiger partial charge in [0, 0.05) is 19.6 Å². The van der Waals surface area contributed by atoms with E-state index < -0.39 is 14.6 Å². The molecule has 1 aliphatic rings. The van der Waals surface area contributed by atoms with Crippen LogP contribution in [0.1, 0.15) is 33.3 Å². The molecule has 1 aliphatic heterocycles. The summed E-state index contributed by atoms with van der Waals surface area (Å²) in [5.41, 5.74) is 1.06. The van der Waals surface area contributed by atoms with Crippen LogP contribution >= 0.6 is 0 Å². The van der Waals surface area contributed by atoms with Gasteiger partial charge in [0.2, 0.25) is 0 Å². The molecule has 0 saturated carbocycles. The summed E-state index contributed by atoms with van der Waals surface area (Å²) in [7, 11) is -3.06. The highest BCUT2D eigenvalue weighted by Gasteiger charge is 2.40. The second-order valence-electron chi connectivity index (χ2n) is 6.75. The van der Waals surface area contributed by atoms with E-state index in [1.165, 1.54) is 0 Å². The summed E-state index contributed by atoms with van der Waals surface area (Å²) in [4.78, 5) is 6.74. The van der Waals surface area contributed by atoms with Gasteiger partial charge in [-0.15, -0.1) is 0 Å². The van der Waals surface area contributed by atoms with Gasteiger partial charge >= 0.3 is 0 Å². The van der Waals surface area contributed by atoms with Crippen molar-refractivity contribution >= 4 is 15.8 Å². The van der Waals surface area contributed by atoms with E-state index in [-0.39, 0.29) is 5.75 Å². The molecular formula is C18H29N3O3S. The highest BCUT2D eigenvalue weighted by molar-refractivity contribution is 7.92. The van der Waals surface area contributed by atoms with Crippen LogP contribution in [0.2, 0.25) is 0 Å². The van der Waals surface area contributed by atoms with Gasteiger partial charge in [0.15, 0.2) is 15.8 Å². The summed E-state index contributed by atoms with van der Waals surface area (Å²) >= 11 is 0. The number of hydrogen-bond acceptors (Lipinski definition) is 4. The summed E-state index contributed by atoms with van der Waals surface area (Å²) in [6.07, 6.45) is 0. The number of rotatable bonds is 5. The predicted octanol–water partition coefficient (Wildman–Crippen LogP) is 2.06. The zero-order valence-corrected chi connectivity index (χ0v) is 16.4. The van der Waals surface area contributed by atoms with E-state index in [1.807, 2.05) is 43.0 Å². The smallest absolute Gasteiger partial charge is 0.194 e. The van der Waals surface area contributed by atoms with Crippen molar-refractivity contribution in [3.63, 3.8) is 0 Å². The monoisotopic (exact) mass is 367 g/mol. The van der Waals surface area contributed by atoms with Crippen LogP contribution < -0.4 is 10.1 Å². The van der Waals surface area contributed by atoms with E-state index in [2.05, 4.69) is 5.32 Å². The Hall–Kier alpha value is -1.76. The largest absolute Gasteiger partial charge is 0.494 e. The number of sulfone groups is 1. The van der Waals surface area contributed by atoms with Crippen LogP contribution in [0.4, 0.5) is 0 Å². The van der Waals surface area contributed by atoms with Crippen molar-refractivity contribution in [1.82, 2.24) is 10.2 Å². The zero-order valence-electron chi connectivity index (χ0n) is 15.6. The number of benzene rings is 1. The number of nitrogens with one attached hydrogen (secondary N) is 1. The fourth-order valence-electron chi connectivity index (χ4n) is 2.82.